The van der Waals surface area contributed by atoms with E-state index in [1.165, 1.54) is 37.7 Å². The molecule has 0 spiro atoms. The second-order valence-electron chi connectivity index (χ2n) is 10.9. The van der Waals surface area contributed by atoms with Crippen molar-refractivity contribution in [3.63, 3.8) is 0 Å². The van der Waals surface area contributed by atoms with Crippen molar-refractivity contribution in [2.45, 2.75) is 64.8 Å². The van der Waals surface area contributed by atoms with Gasteiger partial charge in [-0.1, -0.05) is 57.4 Å². The van der Waals surface area contributed by atoms with Gasteiger partial charge in [0.15, 0.2) is 0 Å². The van der Waals surface area contributed by atoms with Gasteiger partial charge in [-0.05, 0) is 36.8 Å². The first kappa shape index (κ1) is 25.2. The molecule has 1 aliphatic carbocycles. The molecule has 4 rings (SSSR count). The summed E-state index contributed by atoms with van der Waals surface area (Å²) < 4.78 is 0. The number of benzene rings is 1. The molecule has 188 valence electrons. The van der Waals surface area contributed by atoms with Crippen LogP contribution in [0.25, 0.3) is 0 Å². The van der Waals surface area contributed by atoms with Crippen molar-refractivity contribution in [2.24, 2.45) is 5.92 Å². The molecular weight excluding hydrogens is 424 g/mol. The molecule has 6 heteroatoms. The Morgan fingerprint density at radius 2 is 1.47 bits per heavy atom. The number of aryl methyl sites for hydroxylation is 1. The van der Waals surface area contributed by atoms with Gasteiger partial charge in [-0.15, -0.1) is 0 Å². The summed E-state index contributed by atoms with van der Waals surface area (Å²) in [6.07, 6.45) is 6.77. The summed E-state index contributed by atoms with van der Waals surface area (Å²) in [5, 5.41) is 0. The Bertz CT molecular complexity index is 819. The predicted molar refractivity (Wildman–Crippen MR) is 137 cm³/mol. The van der Waals surface area contributed by atoms with Crippen LogP contribution in [0.5, 0.6) is 0 Å². The Hall–Kier alpha value is -1.92. The molecule has 3 aliphatic rings. The van der Waals surface area contributed by atoms with Gasteiger partial charge in [-0.25, -0.2) is 0 Å². The molecule has 0 radical (unpaired) electrons. The largest absolute Gasteiger partial charge is 0.340 e. The van der Waals surface area contributed by atoms with Crippen molar-refractivity contribution in [1.82, 2.24) is 19.6 Å². The Morgan fingerprint density at radius 1 is 0.853 bits per heavy atom. The monoisotopic (exact) mass is 468 g/mol. The topological polar surface area (TPSA) is 47.1 Å². The Balaban J connectivity index is 1.24. The molecule has 1 aromatic carbocycles. The van der Waals surface area contributed by atoms with E-state index in [1.54, 1.807) is 0 Å². The summed E-state index contributed by atoms with van der Waals surface area (Å²) in [6.45, 7) is 13.6. The maximum Gasteiger partial charge on any atom is 0.236 e. The number of hydrogen-bond donors (Lipinski definition) is 0. The van der Waals surface area contributed by atoms with Crippen molar-refractivity contribution < 1.29 is 9.59 Å². The van der Waals surface area contributed by atoms with Gasteiger partial charge in [0.05, 0.1) is 12.5 Å². The van der Waals surface area contributed by atoms with E-state index in [9.17, 15) is 9.59 Å². The van der Waals surface area contributed by atoms with Crippen molar-refractivity contribution >= 4 is 11.8 Å². The van der Waals surface area contributed by atoms with Gasteiger partial charge in [0.25, 0.3) is 0 Å². The standard InChI is InChI=1S/C28H44N4O2/c1-22(2)27(25-12-8-7-9-23(25)3)28(34)32-15-13-29(14-16-32)21-26(33)31-19-17-30(18-20-31)24-10-5-4-6-11-24/h7-9,12,22,24,27H,4-6,10-11,13-21H2,1-3H3. The molecule has 0 bridgehead atoms. The molecule has 0 aromatic heterocycles. The van der Waals surface area contributed by atoms with E-state index >= 15 is 0 Å². The molecule has 1 atom stereocenters. The van der Waals surface area contributed by atoms with Crippen molar-refractivity contribution in [3.8, 4) is 0 Å². The lowest BCUT2D eigenvalue weighted by Crippen LogP contribution is -2.56. The zero-order valence-electron chi connectivity index (χ0n) is 21.5. The summed E-state index contributed by atoms with van der Waals surface area (Å²) >= 11 is 0. The van der Waals surface area contributed by atoms with Gasteiger partial charge in [-0.3, -0.25) is 19.4 Å². The van der Waals surface area contributed by atoms with E-state index in [-0.39, 0.29) is 23.7 Å². The van der Waals surface area contributed by atoms with Gasteiger partial charge in [0.2, 0.25) is 11.8 Å². The van der Waals surface area contributed by atoms with Gasteiger partial charge in [-0.2, -0.15) is 0 Å². The molecular formula is C28H44N4O2. The summed E-state index contributed by atoms with van der Waals surface area (Å²) in [5.41, 5.74) is 2.33. The number of piperazine rings is 2. The maximum atomic E-state index is 13.5. The second-order valence-corrected chi connectivity index (χ2v) is 10.9. The van der Waals surface area contributed by atoms with Crippen LogP contribution in [-0.4, -0.2) is 96.4 Å². The first-order chi connectivity index (χ1) is 16.4. The van der Waals surface area contributed by atoms with Crippen LogP contribution < -0.4 is 0 Å². The molecule has 34 heavy (non-hydrogen) atoms. The van der Waals surface area contributed by atoms with Crippen LogP contribution in [0.2, 0.25) is 0 Å². The van der Waals surface area contributed by atoms with Crippen LogP contribution in [0, 0.1) is 12.8 Å². The molecule has 3 fully saturated rings. The highest BCUT2D eigenvalue weighted by molar-refractivity contribution is 5.84. The van der Waals surface area contributed by atoms with Crippen LogP contribution in [0.15, 0.2) is 24.3 Å². The average Bonchev–Trinajstić information content (AvgIpc) is 2.86. The van der Waals surface area contributed by atoms with Gasteiger partial charge < -0.3 is 9.80 Å². The van der Waals surface area contributed by atoms with E-state index in [2.05, 4.69) is 47.6 Å². The van der Waals surface area contributed by atoms with E-state index in [0.717, 1.165) is 50.9 Å². The highest BCUT2D eigenvalue weighted by Gasteiger charge is 2.33. The van der Waals surface area contributed by atoms with Gasteiger partial charge in [0.1, 0.15) is 0 Å². The highest BCUT2D eigenvalue weighted by atomic mass is 16.2. The van der Waals surface area contributed by atoms with E-state index in [1.807, 2.05) is 17.0 Å². The lowest BCUT2D eigenvalue weighted by atomic mass is 9.84. The SMILES string of the molecule is Cc1ccccc1C(C(=O)N1CCN(CC(=O)N2CCN(C3CCCCC3)CC2)CC1)C(C)C. The fourth-order valence-corrected chi connectivity index (χ4v) is 6.11. The fraction of sp³-hybridized carbons (Fsp3) is 0.714. The highest BCUT2D eigenvalue weighted by Crippen LogP contribution is 2.29. The number of amides is 2. The summed E-state index contributed by atoms with van der Waals surface area (Å²) in [7, 11) is 0. The third-order valence-corrected chi connectivity index (χ3v) is 8.26. The van der Waals surface area contributed by atoms with E-state index < -0.39 is 0 Å². The van der Waals surface area contributed by atoms with E-state index in [0.29, 0.717) is 19.6 Å². The van der Waals surface area contributed by atoms with Crippen LogP contribution in [-0.2, 0) is 9.59 Å². The minimum Gasteiger partial charge on any atom is -0.340 e. The second kappa shape index (κ2) is 11.7. The molecule has 1 saturated carbocycles. The predicted octanol–water partition coefficient (Wildman–Crippen LogP) is 3.36. The van der Waals surface area contributed by atoms with Crippen molar-refractivity contribution in [2.75, 3.05) is 58.9 Å². The first-order valence-corrected chi connectivity index (χ1v) is 13.5. The molecule has 2 saturated heterocycles. The molecule has 6 nitrogen and oxygen atoms in total. The lowest BCUT2D eigenvalue weighted by Gasteiger charge is -2.42. The lowest BCUT2D eigenvalue weighted by molar-refractivity contribution is -0.137. The van der Waals surface area contributed by atoms with Crippen molar-refractivity contribution in [3.05, 3.63) is 35.4 Å². The summed E-state index contributed by atoms with van der Waals surface area (Å²) in [5.74, 6) is 0.632. The van der Waals surface area contributed by atoms with Gasteiger partial charge >= 0.3 is 0 Å². The summed E-state index contributed by atoms with van der Waals surface area (Å²) in [6, 6.07) is 9.00. The quantitative estimate of drug-likeness (QED) is 0.642. The normalized spacial score (nSPS) is 22.2. The van der Waals surface area contributed by atoms with Crippen molar-refractivity contribution in [1.29, 1.82) is 0 Å². The Labute approximate surface area is 206 Å². The van der Waals surface area contributed by atoms with Crippen LogP contribution in [0.1, 0.15) is 63.0 Å². The van der Waals surface area contributed by atoms with Gasteiger partial charge in [0, 0.05) is 58.4 Å². The number of rotatable bonds is 6. The third kappa shape index (κ3) is 6.01. The average molecular weight is 469 g/mol. The number of hydrogen-bond acceptors (Lipinski definition) is 4. The fourth-order valence-electron chi connectivity index (χ4n) is 6.11. The smallest absolute Gasteiger partial charge is 0.236 e. The Morgan fingerprint density at radius 3 is 2.09 bits per heavy atom. The maximum absolute atomic E-state index is 13.5. The van der Waals surface area contributed by atoms with Crippen LogP contribution in [0.4, 0.5) is 0 Å². The molecule has 2 heterocycles. The molecule has 0 N–H and O–H groups in total. The molecule has 2 amide bonds. The Kier molecular flexibility index (Phi) is 8.65. The van der Waals surface area contributed by atoms with Crippen LogP contribution >= 0.6 is 0 Å². The van der Waals surface area contributed by atoms with E-state index in [4.69, 9.17) is 0 Å². The minimum absolute atomic E-state index is 0.102. The molecule has 1 unspecified atom stereocenters. The number of carbonyl (C=O) groups excluding carboxylic acids is 2. The number of carbonyl (C=O) groups is 2. The summed E-state index contributed by atoms with van der Waals surface area (Å²) in [4.78, 5) is 35.4. The number of nitrogens with zero attached hydrogens (tertiary/aromatic N) is 4. The third-order valence-electron chi connectivity index (χ3n) is 8.26. The molecule has 2 aliphatic heterocycles. The zero-order valence-corrected chi connectivity index (χ0v) is 21.5. The van der Waals surface area contributed by atoms with Crippen LogP contribution in [0.3, 0.4) is 0 Å². The zero-order chi connectivity index (χ0) is 24.1. The molecule has 1 aromatic rings. The minimum atomic E-state index is -0.102. The first-order valence-electron chi connectivity index (χ1n) is 13.5.